The van der Waals surface area contributed by atoms with Crippen molar-refractivity contribution in [2.24, 2.45) is 11.1 Å². The van der Waals surface area contributed by atoms with E-state index in [1.165, 1.54) is 0 Å². The van der Waals surface area contributed by atoms with E-state index < -0.39 is 29.4 Å². The molecule has 0 saturated heterocycles. The van der Waals surface area contributed by atoms with Gasteiger partial charge in [-0.1, -0.05) is 20.8 Å². The zero-order valence-corrected chi connectivity index (χ0v) is 11.1. The summed E-state index contributed by atoms with van der Waals surface area (Å²) in [6, 6.07) is 1.04. The van der Waals surface area contributed by atoms with E-state index >= 15 is 0 Å². The fraction of sp³-hybridized carbons (Fsp3) is 0.462. The molecule has 1 amide bonds. The predicted octanol–water partition coefficient (Wildman–Crippen LogP) is 2.81. The highest BCUT2D eigenvalue weighted by molar-refractivity contribution is 5.91. The predicted molar refractivity (Wildman–Crippen MR) is 67.0 cm³/mol. The molecule has 0 fully saturated rings. The van der Waals surface area contributed by atoms with E-state index in [1.54, 1.807) is 0 Å². The van der Waals surface area contributed by atoms with Crippen molar-refractivity contribution < 1.29 is 18.0 Å². The summed E-state index contributed by atoms with van der Waals surface area (Å²) in [4.78, 5) is 11.6. The van der Waals surface area contributed by atoms with Crippen LogP contribution in [0.1, 0.15) is 27.2 Å². The summed E-state index contributed by atoms with van der Waals surface area (Å²) < 4.78 is 38.6. The SMILES string of the molecule is CC(C)(C)C(N)CC(=O)Nc1cc(F)c(F)c(F)c1. The molecule has 1 aromatic carbocycles. The first-order valence-corrected chi connectivity index (χ1v) is 5.81. The smallest absolute Gasteiger partial charge is 0.225 e. The van der Waals surface area contributed by atoms with Crippen LogP contribution in [0, 0.1) is 22.9 Å². The van der Waals surface area contributed by atoms with Gasteiger partial charge in [-0.3, -0.25) is 4.79 Å². The number of hydrogen-bond acceptors (Lipinski definition) is 2. The van der Waals surface area contributed by atoms with Crippen LogP contribution in [0.2, 0.25) is 0 Å². The minimum absolute atomic E-state index is 0.00408. The number of anilines is 1. The normalized spacial score (nSPS) is 13.2. The third-order valence-corrected chi connectivity index (χ3v) is 2.79. The van der Waals surface area contributed by atoms with Gasteiger partial charge < -0.3 is 11.1 Å². The Morgan fingerprint density at radius 1 is 1.26 bits per heavy atom. The van der Waals surface area contributed by atoms with E-state index in [1.807, 2.05) is 20.8 Å². The molecule has 0 aliphatic rings. The van der Waals surface area contributed by atoms with E-state index in [0.717, 1.165) is 12.1 Å². The molecule has 3 N–H and O–H groups in total. The van der Waals surface area contributed by atoms with Crippen LogP contribution >= 0.6 is 0 Å². The Balaban J connectivity index is 2.73. The standard InChI is InChI=1S/C13H17F3N2O/c1-13(2,3)10(17)6-11(19)18-7-4-8(14)12(16)9(15)5-7/h4-5,10H,6,17H2,1-3H3,(H,18,19). The Bertz CT molecular complexity index is 460. The number of halogens is 3. The first kappa shape index (κ1) is 15.5. The number of carbonyl (C=O) groups is 1. The molecule has 0 saturated carbocycles. The van der Waals surface area contributed by atoms with Gasteiger partial charge >= 0.3 is 0 Å². The Kier molecular flexibility index (Phi) is 4.57. The van der Waals surface area contributed by atoms with Crippen molar-refractivity contribution >= 4 is 11.6 Å². The van der Waals surface area contributed by atoms with Crippen molar-refractivity contribution in [3.63, 3.8) is 0 Å². The highest BCUT2D eigenvalue weighted by atomic mass is 19.2. The number of amides is 1. The van der Waals surface area contributed by atoms with Crippen LogP contribution in [0.3, 0.4) is 0 Å². The van der Waals surface area contributed by atoms with E-state index in [-0.39, 0.29) is 17.5 Å². The maximum atomic E-state index is 13.0. The summed E-state index contributed by atoms with van der Waals surface area (Å²) in [5.74, 6) is -4.75. The van der Waals surface area contributed by atoms with Gasteiger partial charge in [-0.2, -0.15) is 0 Å². The molecule has 1 aromatic rings. The Morgan fingerprint density at radius 2 is 1.74 bits per heavy atom. The molecule has 19 heavy (non-hydrogen) atoms. The molecule has 0 heterocycles. The molecule has 0 aliphatic heterocycles. The van der Waals surface area contributed by atoms with Crippen LogP contribution in [0.15, 0.2) is 12.1 Å². The molecule has 0 aromatic heterocycles. The second-order valence-electron chi connectivity index (χ2n) is 5.48. The monoisotopic (exact) mass is 274 g/mol. The van der Waals surface area contributed by atoms with E-state index in [4.69, 9.17) is 5.73 Å². The highest BCUT2D eigenvalue weighted by Gasteiger charge is 2.23. The van der Waals surface area contributed by atoms with Gasteiger partial charge in [-0.05, 0) is 5.41 Å². The summed E-state index contributed by atoms with van der Waals surface area (Å²) in [5.41, 5.74) is 5.42. The summed E-state index contributed by atoms with van der Waals surface area (Å²) in [6.07, 6.45) is 0.00408. The van der Waals surface area contributed by atoms with E-state index in [2.05, 4.69) is 5.32 Å². The second kappa shape index (κ2) is 5.61. The van der Waals surface area contributed by atoms with Crippen LogP contribution < -0.4 is 11.1 Å². The number of hydrogen-bond donors (Lipinski definition) is 2. The van der Waals surface area contributed by atoms with Crippen molar-refractivity contribution in [2.75, 3.05) is 5.32 Å². The third-order valence-electron chi connectivity index (χ3n) is 2.79. The highest BCUT2D eigenvalue weighted by Crippen LogP contribution is 2.21. The molecule has 1 atom stereocenters. The van der Waals surface area contributed by atoms with Gasteiger partial charge in [0.1, 0.15) is 0 Å². The molecule has 1 unspecified atom stereocenters. The van der Waals surface area contributed by atoms with Gasteiger partial charge in [0.2, 0.25) is 5.91 Å². The van der Waals surface area contributed by atoms with Crippen molar-refractivity contribution in [2.45, 2.75) is 33.2 Å². The lowest BCUT2D eigenvalue weighted by atomic mass is 9.85. The van der Waals surface area contributed by atoms with Gasteiger partial charge in [-0.15, -0.1) is 0 Å². The minimum Gasteiger partial charge on any atom is -0.327 e. The average molecular weight is 274 g/mol. The van der Waals surface area contributed by atoms with E-state index in [0.29, 0.717) is 0 Å². The number of nitrogens with one attached hydrogen (secondary N) is 1. The Hall–Kier alpha value is -1.56. The lowest BCUT2D eigenvalue weighted by Gasteiger charge is -2.26. The topological polar surface area (TPSA) is 55.1 Å². The van der Waals surface area contributed by atoms with Crippen LogP contribution in [0.25, 0.3) is 0 Å². The number of benzene rings is 1. The quantitative estimate of drug-likeness (QED) is 0.833. The van der Waals surface area contributed by atoms with Crippen molar-refractivity contribution in [3.8, 4) is 0 Å². The number of nitrogens with two attached hydrogens (primary N) is 1. The van der Waals surface area contributed by atoms with Gasteiger partial charge in [0.15, 0.2) is 17.5 Å². The van der Waals surface area contributed by atoms with Crippen LogP contribution in [0.4, 0.5) is 18.9 Å². The Morgan fingerprint density at radius 3 is 2.16 bits per heavy atom. The fourth-order valence-corrected chi connectivity index (χ4v) is 1.35. The lowest BCUT2D eigenvalue weighted by Crippen LogP contribution is -2.38. The summed E-state index contributed by atoms with van der Waals surface area (Å²) >= 11 is 0. The summed E-state index contributed by atoms with van der Waals surface area (Å²) in [5, 5.41) is 2.29. The van der Waals surface area contributed by atoms with Crippen molar-refractivity contribution in [1.82, 2.24) is 0 Å². The molecule has 0 bridgehead atoms. The van der Waals surface area contributed by atoms with Crippen molar-refractivity contribution in [3.05, 3.63) is 29.6 Å². The Labute approximate surface area is 110 Å². The molecule has 106 valence electrons. The van der Waals surface area contributed by atoms with Gasteiger partial charge in [0.25, 0.3) is 0 Å². The second-order valence-corrected chi connectivity index (χ2v) is 5.48. The zero-order valence-electron chi connectivity index (χ0n) is 11.1. The maximum absolute atomic E-state index is 13.0. The molecule has 0 radical (unpaired) electrons. The minimum atomic E-state index is -1.57. The third kappa shape index (κ3) is 4.24. The fourth-order valence-electron chi connectivity index (χ4n) is 1.35. The van der Waals surface area contributed by atoms with Gasteiger partial charge in [-0.25, -0.2) is 13.2 Å². The van der Waals surface area contributed by atoms with Crippen LogP contribution in [0.5, 0.6) is 0 Å². The number of rotatable bonds is 3. The largest absolute Gasteiger partial charge is 0.327 e. The lowest BCUT2D eigenvalue weighted by molar-refractivity contribution is -0.117. The first-order valence-electron chi connectivity index (χ1n) is 5.81. The number of carbonyl (C=O) groups excluding carboxylic acids is 1. The molecule has 6 heteroatoms. The van der Waals surface area contributed by atoms with Gasteiger partial charge in [0, 0.05) is 30.3 Å². The van der Waals surface area contributed by atoms with Crippen LogP contribution in [-0.4, -0.2) is 11.9 Å². The molecule has 0 spiro atoms. The summed E-state index contributed by atoms with van der Waals surface area (Å²) in [6.45, 7) is 5.63. The zero-order chi connectivity index (χ0) is 14.8. The molecular formula is C13H17F3N2O. The average Bonchev–Trinajstić information content (AvgIpc) is 2.24. The molecular weight excluding hydrogens is 257 g/mol. The van der Waals surface area contributed by atoms with Crippen molar-refractivity contribution in [1.29, 1.82) is 0 Å². The maximum Gasteiger partial charge on any atom is 0.225 e. The van der Waals surface area contributed by atoms with Crippen LogP contribution in [-0.2, 0) is 4.79 Å². The van der Waals surface area contributed by atoms with E-state index in [9.17, 15) is 18.0 Å². The molecule has 1 rings (SSSR count). The molecule has 3 nitrogen and oxygen atoms in total. The summed E-state index contributed by atoms with van der Waals surface area (Å²) in [7, 11) is 0. The van der Waals surface area contributed by atoms with Gasteiger partial charge in [0.05, 0.1) is 0 Å². The first-order chi connectivity index (χ1) is 8.61. The molecule has 0 aliphatic carbocycles.